The van der Waals surface area contributed by atoms with Crippen molar-refractivity contribution in [2.45, 2.75) is 56.7 Å². The van der Waals surface area contributed by atoms with Gasteiger partial charge in [0.25, 0.3) is 0 Å². The van der Waals surface area contributed by atoms with E-state index in [0.29, 0.717) is 19.6 Å². The van der Waals surface area contributed by atoms with Gasteiger partial charge in [0.2, 0.25) is 10.0 Å². The molecule has 2 N–H and O–H groups in total. The van der Waals surface area contributed by atoms with Crippen molar-refractivity contribution in [2.24, 2.45) is 0 Å². The van der Waals surface area contributed by atoms with Crippen LogP contribution in [0.1, 0.15) is 36.0 Å². The van der Waals surface area contributed by atoms with Crippen LogP contribution in [0.25, 0.3) is 11.1 Å². The number of aliphatic hydroxyl groups is 1. The lowest BCUT2D eigenvalue weighted by Crippen LogP contribution is -2.67. The van der Waals surface area contributed by atoms with Crippen molar-refractivity contribution < 1.29 is 13.5 Å². The lowest BCUT2D eigenvalue weighted by Gasteiger charge is -2.56. The van der Waals surface area contributed by atoms with Crippen LogP contribution in [0.5, 0.6) is 0 Å². The third kappa shape index (κ3) is 4.68. The van der Waals surface area contributed by atoms with E-state index in [1.807, 2.05) is 24.1 Å². The number of likely N-dealkylation sites (N-methyl/N-ethyl adjacent to an activating group) is 1. The van der Waals surface area contributed by atoms with Gasteiger partial charge in [-0.05, 0) is 55.1 Å². The van der Waals surface area contributed by atoms with Crippen LogP contribution >= 0.6 is 0 Å². The summed E-state index contributed by atoms with van der Waals surface area (Å²) in [5.74, 6) is 0.0738. The largest absolute Gasteiger partial charge is 0.395 e. The van der Waals surface area contributed by atoms with Crippen molar-refractivity contribution in [3.05, 3.63) is 71.3 Å². The number of hydrogen-bond donors (Lipinski definition) is 2. The van der Waals surface area contributed by atoms with E-state index in [9.17, 15) is 13.5 Å². The van der Waals surface area contributed by atoms with Crippen molar-refractivity contribution >= 4 is 10.0 Å². The molecular formula is C29H40N4O3S. The Hall–Kier alpha value is -2.07. The minimum atomic E-state index is -3.54. The Balaban J connectivity index is 1.41. The zero-order chi connectivity index (χ0) is 26.3. The number of benzene rings is 2. The molecule has 2 aromatic carbocycles. The molecule has 7 nitrogen and oxygen atoms in total. The third-order valence-corrected chi connectivity index (χ3v) is 11.0. The number of hydrogen-bond acceptors (Lipinski definition) is 6. The highest BCUT2D eigenvalue weighted by molar-refractivity contribution is 7.89. The summed E-state index contributed by atoms with van der Waals surface area (Å²) in [5, 5.41) is 13.1. The second-order valence-electron chi connectivity index (χ2n) is 10.7. The van der Waals surface area contributed by atoms with E-state index in [1.54, 1.807) is 4.31 Å². The van der Waals surface area contributed by atoms with E-state index in [0.717, 1.165) is 18.5 Å². The number of rotatable bonds is 6. The van der Waals surface area contributed by atoms with Gasteiger partial charge in [-0.3, -0.25) is 15.1 Å². The van der Waals surface area contributed by atoms with Crippen LogP contribution in [-0.4, -0.2) is 91.1 Å². The number of fused-ring (bicyclic) bond motifs is 1. The highest BCUT2D eigenvalue weighted by Gasteiger charge is 2.51. The van der Waals surface area contributed by atoms with Gasteiger partial charge >= 0.3 is 0 Å². The van der Waals surface area contributed by atoms with Gasteiger partial charge in [-0.1, -0.05) is 61.5 Å². The van der Waals surface area contributed by atoms with Crippen LogP contribution in [0.15, 0.2) is 54.6 Å². The Kier molecular flexibility index (Phi) is 7.60. The Morgan fingerprint density at radius 2 is 1.78 bits per heavy atom. The van der Waals surface area contributed by atoms with Gasteiger partial charge in [0.1, 0.15) is 5.37 Å². The van der Waals surface area contributed by atoms with Gasteiger partial charge in [0.05, 0.1) is 12.8 Å². The summed E-state index contributed by atoms with van der Waals surface area (Å²) >= 11 is 0. The van der Waals surface area contributed by atoms with Crippen LogP contribution in [0.3, 0.4) is 0 Å². The molecule has 2 aromatic rings. The van der Waals surface area contributed by atoms with Crippen LogP contribution in [0.2, 0.25) is 0 Å². The molecule has 8 heteroatoms. The first kappa shape index (κ1) is 26.5. The number of nitrogens with zero attached hydrogens (tertiary/aromatic N) is 3. The highest BCUT2D eigenvalue weighted by Crippen LogP contribution is 2.42. The first-order valence-electron chi connectivity index (χ1n) is 13.4. The molecule has 3 heterocycles. The Bertz CT molecular complexity index is 1250. The van der Waals surface area contributed by atoms with E-state index >= 15 is 0 Å². The molecule has 0 saturated carbocycles. The van der Waals surface area contributed by atoms with E-state index in [-0.39, 0.29) is 30.8 Å². The third-order valence-electron chi connectivity index (χ3n) is 8.83. The summed E-state index contributed by atoms with van der Waals surface area (Å²) in [6, 6.07) is 15.0. The molecule has 0 amide bonds. The smallest absolute Gasteiger partial charge is 0.232 e. The predicted molar refractivity (Wildman–Crippen MR) is 149 cm³/mol. The monoisotopic (exact) mass is 524 g/mol. The zero-order valence-corrected chi connectivity index (χ0v) is 23.2. The maximum absolute atomic E-state index is 13.8. The number of aliphatic hydroxyl groups excluding tert-OH is 1. The first-order valence-corrected chi connectivity index (χ1v) is 14.9. The minimum Gasteiger partial charge on any atom is -0.395 e. The minimum absolute atomic E-state index is 0.0186. The predicted octanol–water partition coefficient (Wildman–Crippen LogP) is 2.90. The average Bonchev–Trinajstić information content (AvgIpc) is 3.26. The summed E-state index contributed by atoms with van der Waals surface area (Å²) in [7, 11) is -1.64. The number of sulfonamides is 1. The maximum Gasteiger partial charge on any atom is 0.232 e. The summed E-state index contributed by atoms with van der Waals surface area (Å²) in [6.07, 6.45) is 4.93. The first-order chi connectivity index (χ1) is 17.8. The number of nitrogens with one attached hydrogen (secondary N) is 1. The molecule has 0 aromatic heterocycles. The molecule has 3 aliphatic heterocycles. The molecule has 2 saturated heterocycles. The second kappa shape index (κ2) is 10.6. The molecule has 0 bridgehead atoms. The summed E-state index contributed by atoms with van der Waals surface area (Å²) in [5.41, 5.74) is 6.11. The number of aryl methyl sites for hydroxylation is 1. The van der Waals surface area contributed by atoms with Crippen LogP contribution in [-0.2, 0) is 10.0 Å². The topological polar surface area (TPSA) is 76.1 Å². The SMILES string of the molecule is CCC1NCC(S(=O)(=O)N2C/C=C\CN3C(CO)[C@@H](c4ccc(-c5cccc(C)c5C)cc4)[C@@H]3C2)N1C. The molecule has 200 valence electrons. The van der Waals surface area contributed by atoms with E-state index < -0.39 is 15.4 Å². The fourth-order valence-electron chi connectivity index (χ4n) is 6.44. The van der Waals surface area contributed by atoms with Gasteiger partial charge in [-0.15, -0.1) is 0 Å². The fourth-order valence-corrected chi connectivity index (χ4v) is 8.31. The summed E-state index contributed by atoms with van der Waals surface area (Å²) in [4.78, 5) is 4.21. The average molecular weight is 525 g/mol. The van der Waals surface area contributed by atoms with Gasteiger partial charge in [-0.25, -0.2) is 8.42 Å². The molecule has 37 heavy (non-hydrogen) atoms. The van der Waals surface area contributed by atoms with Crippen molar-refractivity contribution in [1.29, 1.82) is 0 Å². The summed E-state index contributed by atoms with van der Waals surface area (Å²) in [6.45, 7) is 8.38. The van der Waals surface area contributed by atoms with Crippen LogP contribution in [0, 0.1) is 13.8 Å². The standard InChI is InChI=1S/C29H40N4O3S/c1-5-27-30-17-28(31(27)4)37(35,36)32-15-6-7-16-33-25(18-32)29(26(33)19-34)23-13-11-22(12-14-23)24-10-8-9-20(2)21(24)3/h6-14,25-30,34H,5,15-19H2,1-4H3/b7-6-/t25-,26?,27?,28?,29-/m0/s1. The molecule has 0 aliphatic carbocycles. The second-order valence-corrected chi connectivity index (χ2v) is 12.8. The van der Waals surface area contributed by atoms with Crippen LogP contribution < -0.4 is 5.32 Å². The molecule has 3 aliphatic rings. The van der Waals surface area contributed by atoms with Gasteiger partial charge < -0.3 is 5.11 Å². The lowest BCUT2D eigenvalue weighted by molar-refractivity contribution is -0.0416. The normalized spacial score (nSPS) is 30.4. The van der Waals surface area contributed by atoms with Crippen molar-refractivity contribution in [3.8, 4) is 11.1 Å². The Labute approximate surface area is 221 Å². The molecular weight excluding hydrogens is 484 g/mol. The van der Waals surface area contributed by atoms with E-state index in [4.69, 9.17) is 0 Å². The van der Waals surface area contributed by atoms with Gasteiger partial charge in [0, 0.05) is 44.2 Å². The van der Waals surface area contributed by atoms with Gasteiger partial charge in [0.15, 0.2) is 0 Å². The maximum atomic E-state index is 13.8. The fraction of sp³-hybridized carbons (Fsp3) is 0.517. The van der Waals surface area contributed by atoms with Crippen molar-refractivity contribution in [2.75, 3.05) is 39.8 Å². The Morgan fingerprint density at radius 3 is 2.46 bits per heavy atom. The highest BCUT2D eigenvalue weighted by atomic mass is 32.2. The van der Waals surface area contributed by atoms with Crippen molar-refractivity contribution in [3.63, 3.8) is 0 Å². The Morgan fingerprint density at radius 1 is 1.05 bits per heavy atom. The zero-order valence-electron chi connectivity index (χ0n) is 22.3. The summed E-state index contributed by atoms with van der Waals surface area (Å²) < 4.78 is 29.3. The van der Waals surface area contributed by atoms with Crippen LogP contribution in [0.4, 0.5) is 0 Å². The molecule has 5 atom stereocenters. The van der Waals surface area contributed by atoms with Gasteiger partial charge in [-0.2, -0.15) is 4.31 Å². The van der Waals surface area contributed by atoms with E-state index in [1.165, 1.54) is 22.3 Å². The molecule has 2 fully saturated rings. The molecule has 0 radical (unpaired) electrons. The lowest BCUT2D eigenvalue weighted by atomic mass is 9.74. The quantitative estimate of drug-likeness (QED) is 0.566. The molecule has 0 spiro atoms. The van der Waals surface area contributed by atoms with Crippen molar-refractivity contribution in [1.82, 2.24) is 19.4 Å². The van der Waals surface area contributed by atoms with E-state index in [2.05, 4.69) is 73.5 Å². The molecule has 5 rings (SSSR count). The molecule has 3 unspecified atom stereocenters.